The Morgan fingerprint density at radius 2 is 1.00 bits per heavy atom. The number of hydrogen-bond donors (Lipinski definition) is 0. The van der Waals surface area contributed by atoms with Crippen LogP contribution < -0.4 is 19.8 Å². The molecule has 0 N–H and O–H groups in total. The average Bonchev–Trinajstić information content (AvgIpc) is 3.37. The Hall–Kier alpha value is -6.27. The summed E-state index contributed by atoms with van der Waals surface area (Å²) in [6.07, 6.45) is -0.192. The zero-order valence-corrected chi connectivity index (χ0v) is 37.9. The largest absolute Gasteiger partial charge is 0.484 e. The van der Waals surface area contributed by atoms with E-state index < -0.39 is 36.3 Å². The molecule has 0 unspecified atom stereocenters. The molecule has 2 aliphatic rings. The third kappa shape index (κ3) is 12.4. The molecule has 0 amide bonds. The number of rotatable bonds is 20. The van der Waals surface area contributed by atoms with Gasteiger partial charge in [-0.2, -0.15) is 0 Å². The molecule has 0 spiro atoms. The van der Waals surface area contributed by atoms with E-state index in [1.165, 1.54) is 0 Å². The molecule has 7 aromatic rings. The summed E-state index contributed by atoms with van der Waals surface area (Å²) in [6.45, 7) is 3.85. The van der Waals surface area contributed by atoms with Crippen LogP contribution in [0.2, 0.25) is 0 Å². The highest BCUT2D eigenvalue weighted by atomic mass is 16.7. The SMILES string of the molecule is C[C@H]1CC[C@H](Oc2c(OCc3ccccc3)c3ccc(O[C@H]4O[C@H](COCc5ccccc5)[C@@H](OCc5ccccc5)[C@H](OCc5ccccc5)[C@@H]4OCc4ccccc4)cc3oc2=O)CC1. The van der Waals surface area contributed by atoms with Gasteiger partial charge in [-0.3, -0.25) is 0 Å². The van der Waals surface area contributed by atoms with Gasteiger partial charge in [-0.05, 0) is 71.6 Å². The average molecular weight is 903 g/mol. The lowest BCUT2D eigenvalue weighted by atomic mass is 9.89. The van der Waals surface area contributed by atoms with Crippen LogP contribution in [0.1, 0.15) is 60.4 Å². The van der Waals surface area contributed by atoms with Crippen LogP contribution in [-0.2, 0) is 56.7 Å². The monoisotopic (exact) mass is 902 g/mol. The van der Waals surface area contributed by atoms with Crippen LogP contribution in [0.15, 0.2) is 179 Å². The Morgan fingerprint density at radius 1 is 0.507 bits per heavy atom. The molecule has 1 saturated carbocycles. The van der Waals surface area contributed by atoms with Gasteiger partial charge in [0.1, 0.15) is 42.4 Å². The van der Waals surface area contributed by atoms with Crippen molar-refractivity contribution >= 4 is 11.0 Å². The predicted molar refractivity (Wildman–Crippen MR) is 256 cm³/mol. The quantitative estimate of drug-likeness (QED) is 0.0687. The summed E-state index contributed by atoms with van der Waals surface area (Å²) >= 11 is 0. The molecular weight excluding hydrogens is 845 g/mol. The molecule has 2 heterocycles. The Labute approximate surface area is 392 Å². The van der Waals surface area contributed by atoms with Crippen molar-refractivity contribution in [2.45, 2.75) is 102 Å². The van der Waals surface area contributed by atoms with Gasteiger partial charge in [0.25, 0.3) is 0 Å². The summed E-state index contributed by atoms with van der Waals surface area (Å²) in [6, 6.07) is 55.2. The maximum Gasteiger partial charge on any atom is 0.383 e. The number of ether oxygens (including phenoxy) is 8. The Morgan fingerprint density at radius 3 is 1.55 bits per heavy atom. The Bertz CT molecular complexity index is 2620. The van der Waals surface area contributed by atoms with Crippen molar-refractivity contribution in [2.75, 3.05) is 6.61 Å². The molecule has 1 saturated heterocycles. The maximum atomic E-state index is 14.0. The van der Waals surface area contributed by atoms with E-state index in [9.17, 15) is 4.79 Å². The molecule has 2 fully saturated rings. The fourth-order valence-corrected chi connectivity index (χ4v) is 8.67. The second-order valence-electron chi connectivity index (χ2n) is 17.4. The van der Waals surface area contributed by atoms with E-state index in [0.717, 1.165) is 53.5 Å². The maximum absolute atomic E-state index is 14.0. The summed E-state index contributed by atoms with van der Waals surface area (Å²) in [5.41, 5.74) is 4.59. The van der Waals surface area contributed by atoms with Crippen molar-refractivity contribution in [2.24, 2.45) is 5.92 Å². The van der Waals surface area contributed by atoms with Gasteiger partial charge >= 0.3 is 5.63 Å². The van der Waals surface area contributed by atoms with E-state index >= 15 is 0 Å². The summed E-state index contributed by atoms with van der Waals surface area (Å²) in [7, 11) is 0. The van der Waals surface area contributed by atoms with Crippen LogP contribution in [0, 0.1) is 5.92 Å². The second-order valence-corrected chi connectivity index (χ2v) is 17.4. The Kier molecular flexibility index (Phi) is 15.7. The molecule has 67 heavy (non-hydrogen) atoms. The van der Waals surface area contributed by atoms with Crippen molar-refractivity contribution in [3.8, 4) is 17.2 Å². The van der Waals surface area contributed by atoms with Crippen LogP contribution in [0.5, 0.6) is 17.2 Å². The lowest BCUT2D eigenvalue weighted by Crippen LogP contribution is -2.62. The minimum Gasteiger partial charge on any atom is -0.484 e. The van der Waals surface area contributed by atoms with E-state index in [4.69, 9.17) is 42.3 Å². The van der Waals surface area contributed by atoms with Crippen LogP contribution in [0.3, 0.4) is 0 Å². The molecule has 9 rings (SSSR count). The first kappa shape index (κ1) is 45.9. The third-order valence-electron chi connectivity index (χ3n) is 12.4. The van der Waals surface area contributed by atoms with Crippen molar-refractivity contribution in [3.05, 3.63) is 208 Å². The van der Waals surface area contributed by atoms with Crippen molar-refractivity contribution in [1.82, 2.24) is 0 Å². The first-order valence-corrected chi connectivity index (χ1v) is 23.4. The van der Waals surface area contributed by atoms with E-state index in [1.54, 1.807) is 6.07 Å². The Balaban J connectivity index is 1.06. The van der Waals surface area contributed by atoms with Crippen LogP contribution in [-0.4, -0.2) is 43.4 Å². The lowest BCUT2D eigenvalue weighted by molar-refractivity contribution is -0.310. The highest BCUT2D eigenvalue weighted by Crippen LogP contribution is 2.39. The third-order valence-corrected chi connectivity index (χ3v) is 12.4. The van der Waals surface area contributed by atoms with Gasteiger partial charge in [0.2, 0.25) is 12.0 Å². The van der Waals surface area contributed by atoms with E-state index in [-0.39, 0.29) is 43.9 Å². The zero-order chi connectivity index (χ0) is 45.6. The molecule has 1 aromatic heterocycles. The van der Waals surface area contributed by atoms with Crippen molar-refractivity contribution < 1.29 is 42.3 Å². The number of hydrogen-bond acceptors (Lipinski definition) is 10. The second kappa shape index (κ2) is 23.0. The predicted octanol–water partition coefficient (Wildman–Crippen LogP) is 11.4. The summed E-state index contributed by atoms with van der Waals surface area (Å²) in [5.74, 6) is 1.42. The summed E-state index contributed by atoms with van der Waals surface area (Å²) in [5, 5.41) is 0.578. The van der Waals surface area contributed by atoms with E-state index in [2.05, 4.69) is 6.92 Å². The van der Waals surface area contributed by atoms with Crippen molar-refractivity contribution in [3.63, 3.8) is 0 Å². The summed E-state index contributed by atoms with van der Waals surface area (Å²) in [4.78, 5) is 14.0. The molecule has 1 aliphatic heterocycles. The van der Waals surface area contributed by atoms with Gasteiger partial charge in [0.05, 0.1) is 44.5 Å². The topological polar surface area (TPSA) is 104 Å². The zero-order valence-electron chi connectivity index (χ0n) is 37.9. The highest BCUT2D eigenvalue weighted by molar-refractivity contribution is 5.86. The molecule has 10 heteroatoms. The first-order valence-electron chi connectivity index (χ1n) is 23.4. The molecule has 0 bridgehead atoms. The van der Waals surface area contributed by atoms with Gasteiger partial charge in [0.15, 0.2) is 5.75 Å². The highest BCUT2D eigenvalue weighted by Gasteiger charge is 2.50. The van der Waals surface area contributed by atoms with Crippen molar-refractivity contribution in [1.29, 1.82) is 0 Å². The molecule has 1 aliphatic carbocycles. The van der Waals surface area contributed by atoms with Crippen LogP contribution >= 0.6 is 0 Å². The van der Waals surface area contributed by atoms with Gasteiger partial charge in [-0.15, -0.1) is 0 Å². The minimum absolute atomic E-state index is 0.0833. The van der Waals surface area contributed by atoms with E-state index in [0.29, 0.717) is 36.0 Å². The molecule has 0 radical (unpaired) electrons. The number of benzene rings is 6. The smallest absolute Gasteiger partial charge is 0.383 e. The minimum atomic E-state index is -1.03. The molecular formula is C57H58O10. The summed E-state index contributed by atoms with van der Waals surface area (Å²) < 4.78 is 59.8. The van der Waals surface area contributed by atoms with Gasteiger partial charge in [0, 0.05) is 6.07 Å². The van der Waals surface area contributed by atoms with Gasteiger partial charge in [-0.25, -0.2) is 4.79 Å². The molecule has 6 aromatic carbocycles. The molecule has 346 valence electrons. The number of fused-ring (bicyclic) bond motifs is 1. The van der Waals surface area contributed by atoms with Gasteiger partial charge in [-0.1, -0.05) is 159 Å². The lowest BCUT2D eigenvalue weighted by Gasteiger charge is -2.45. The fourth-order valence-electron chi connectivity index (χ4n) is 8.67. The fraction of sp³-hybridized carbons (Fsp3) is 0.316. The van der Waals surface area contributed by atoms with Crippen LogP contribution in [0.4, 0.5) is 0 Å². The molecule has 5 atom stereocenters. The standard InChI is InChI=1S/C57H58O10/c1-40-27-29-46(30-28-40)64-54-51(60-35-42-19-9-3-10-20-42)48-32-31-47(33-49(48)66-56(54)58)65-57-55(63-38-45-25-15-6-16-26-45)53(62-37-44-23-13-5-14-24-44)52(61-36-43-21-11-4-12-22-43)50(67-57)39-59-34-41-17-7-2-8-18-41/h2-26,31-33,40,46,50,52-53,55,57H,27-30,34-39H2,1H3/t40-,46-,50-,52-,53+,55+,57+/m1/s1. The normalized spacial score (nSPS) is 21.7. The van der Waals surface area contributed by atoms with Gasteiger partial charge < -0.3 is 42.3 Å². The van der Waals surface area contributed by atoms with Crippen LogP contribution in [0.25, 0.3) is 11.0 Å². The molecule has 10 nitrogen and oxygen atoms in total. The first-order chi connectivity index (χ1) is 33.0. The van der Waals surface area contributed by atoms with E-state index in [1.807, 2.05) is 164 Å².